The Bertz CT molecular complexity index is 380. The first kappa shape index (κ1) is 12.9. The molecule has 2 atom stereocenters. The molecule has 1 aromatic carbocycles. The van der Waals surface area contributed by atoms with Gasteiger partial charge in [0, 0.05) is 16.7 Å². The molecule has 2 rings (SSSR count). The number of nitrogens with two attached hydrogens (primary N) is 1. The Morgan fingerprint density at radius 1 is 1.47 bits per heavy atom. The molecule has 1 aliphatic rings. The molecule has 0 spiro atoms. The smallest absolute Gasteiger partial charge is 0.0521 e. The van der Waals surface area contributed by atoms with Gasteiger partial charge in [0.25, 0.3) is 0 Å². The summed E-state index contributed by atoms with van der Waals surface area (Å²) >= 11 is 3.51. The molecular formula is C14H21BrN2. The van der Waals surface area contributed by atoms with Gasteiger partial charge in [0.05, 0.1) is 5.54 Å². The lowest BCUT2D eigenvalue weighted by Crippen LogP contribution is -2.52. The van der Waals surface area contributed by atoms with Crippen molar-refractivity contribution in [3.63, 3.8) is 0 Å². The molecule has 0 amide bonds. The molecule has 1 fully saturated rings. The summed E-state index contributed by atoms with van der Waals surface area (Å²) in [6, 6.07) is 8.34. The van der Waals surface area contributed by atoms with Crippen LogP contribution in [-0.4, -0.2) is 12.1 Å². The zero-order chi connectivity index (χ0) is 12.3. The van der Waals surface area contributed by atoms with Gasteiger partial charge in [-0.05, 0) is 37.0 Å². The van der Waals surface area contributed by atoms with Gasteiger partial charge in [-0.1, -0.05) is 41.8 Å². The van der Waals surface area contributed by atoms with E-state index in [9.17, 15) is 0 Å². The van der Waals surface area contributed by atoms with Crippen molar-refractivity contribution in [3.8, 4) is 0 Å². The van der Waals surface area contributed by atoms with Crippen LogP contribution < -0.4 is 11.1 Å². The molecule has 0 bridgehead atoms. The van der Waals surface area contributed by atoms with Gasteiger partial charge in [-0.25, -0.2) is 0 Å². The van der Waals surface area contributed by atoms with E-state index >= 15 is 0 Å². The third kappa shape index (κ3) is 2.83. The Labute approximate surface area is 112 Å². The van der Waals surface area contributed by atoms with Gasteiger partial charge in [-0.3, -0.25) is 0 Å². The number of hydrogen-bond acceptors (Lipinski definition) is 2. The summed E-state index contributed by atoms with van der Waals surface area (Å²) in [5.41, 5.74) is 7.29. The molecule has 0 heterocycles. The van der Waals surface area contributed by atoms with Crippen LogP contribution in [0.5, 0.6) is 0 Å². The SMILES string of the molecule is CC1CCCCC1(CN)Nc1cccc(Br)c1. The molecular weight excluding hydrogens is 276 g/mol. The van der Waals surface area contributed by atoms with Crippen LogP contribution >= 0.6 is 15.9 Å². The minimum atomic E-state index is 0.0824. The molecule has 3 heteroatoms. The fourth-order valence-electron chi connectivity index (χ4n) is 2.81. The van der Waals surface area contributed by atoms with E-state index in [0.29, 0.717) is 12.5 Å². The fourth-order valence-corrected chi connectivity index (χ4v) is 3.21. The molecule has 1 aromatic rings. The van der Waals surface area contributed by atoms with Gasteiger partial charge < -0.3 is 11.1 Å². The number of halogens is 1. The molecule has 0 aliphatic heterocycles. The highest BCUT2D eigenvalue weighted by atomic mass is 79.9. The van der Waals surface area contributed by atoms with Crippen LogP contribution in [0.25, 0.3) is 0 Å². The lowest BCUT2D eigenvalue weighted by molar-refractivity contribution is 0.235. The lowest BCUT2D eigenvalue weighted by Gasteiger charge is -2.43. The van der Waals surface area contributed by atoms with Crippen LogP contribution in [0, 0.1) is 5.92 Å². The molecule has 0 saturated heterocycles. The molecule has 1 saturated carbocycles. The normalized spacial score (nSPS) is 29.0. The van der Waals surface area contributed by atoms with E-state index in [1.807, 2.05) is 6.07 Å². The van der Waals surface area contributed by atoms with Crippen LogP contribution in [0.3, 0.4) is 0 Å². The zero-order valence-electron chi connectivity index (χ0n) is 10.4. The largest absolute Gasteiger partial charge is 0.378 e. The topological polar surface area (TPSA) is 38.0 Å². The summed E-state index contributed by atoms with van der Waals surface area (Å²) < 4.78 is 1.11. The highest BCUT2D eigenvalue weighted by molar-refractivity contribution is 9.10. The van der Waals surface area contributed by atoms with E-state index in [0.717, 1.165) is 4.47 Å². The van der Waals surface area contributed by atoms with E-state index in [2.05, 4.69) is 46.4 Å². The highest BCUT2D eigenvalue weighted by Crippen LogP contribution is 2.36. The second-order valence-corrected chi connectivity index (χ2v) is 6.06. The molecule has 0 radical (unpaired) electrons. The van der Waals surface area contributed by atoms with E-state index in [-0.39, 0.29) is 5.54 Å². The van der Waals surface area contributed by atoms with Crippen LogP contribution in [0.1, 0.15) is 32.6 Å². The number of benzene rings is 1. The van der Waals surface area contributed by atoms with Gasteiger partial charge in [0.15, 0.2) is 0 Å². The second-order valence-electron chi connectivity index (χ2n) is 5.14. The van der Waals surface area contributed by atoms with E-state index in [4.69, 9.17) is 5.73 Å². The number of nitrogens with one attached hydrogen (secondary N) is 1. The average molecular weight is 297 g/mol. The van der Waals surface area contributed by atoms with Crippen molar-refractivity contribution >= 4 is 21.6 Å². The van der Waals surface area contributed by atoms with E-state index in [1.165, 1.54) is 31.4 Å². The number of rotatable bonds is 3. The monoisotopic (exact) mass is 296 g/mol. The van der Waals surface area contributed by atoms with Crippen molar-refractivity contribution in [2.24, 2.45) is 11.7 Å². The highest BCUT2D eigenvalue weighted by Gasteiger charge is 2.36. The van der Waals surface area contributed by atoms with Crippen molar-refractivity contribution in [2.75, 3.05) is 11.9 Å². The van der Waals surface area contributed by atoms with Gasteiger partial charge in [-0.15, -0.1) is 0 Å². The Morgan fingerprint density at radius 2 is 2.29 bits per heavy atom. The van der Waals surface area contributed by atoms with Crippen LogP contribution in [-0.2, 0) is 0 Å². The van der Waals surface area contributed by atoms with Crippen LogP contribution in [0.4, 0.5) is 5.69 Å². The molecule has 94 valence electrons. The molecule has 3 N–H and O–H groups in total. The first-order valence-electron chi connectivity index (χ1n) is 6.40. The van der Waals surface area contributed by atoms with Crippen molar-refractivity contribution in [1.82, 2.24) is 0 Å². The summed E-state index contributed by atoms with van der Waals surface area (Å²) in [4.78, 5) is 0. The quantitative estimate of drug-likeness (QED) is 0.891. The van der Waals surface area contributed by atoms with Crippen LogP contribution in [0.2, 0.25) is 0 Å². The summed E-state index contributed by atoms with van der Waals surface area (Å²) in [6.07, 6.45) is 5.07. The summed E-state index contributed by atoms with van der Waals surface area (Å²) in [5, 5.41) is 3.68. The summed E-state index contributed by atoms with van der Waals surface area (Å²) in [7, 11) is 0. The fraction of sp³-hybridized carbons (Fsp3) is 0.571. The standard InChI is InChI=1S/C14H21BrN2/c1-11-5-2-3-8-14(11,10-16)17-13-7-4-6-12(15)9-13/h4,6-7,9,11,17H,2-3,5,8,10,16H2,1H3. The zero-order valence-corrected chi connectivity index (χ0v) is 12.0. The molecule has 0 aromatic heterocycles. The minimum Gasteiger partial charge on any atom is -0.378 e. The minimum absolute atomic E-state index is 0.0824. The molecule has 17 heavy (non-hydrogen) atoms. The molecule has 2 nitrogen and oxygen atoms in total. The Balaban J connectivity index is 2.18. The predicted octanol–water partition coefficient (Wildman–Crippen LogP) is 3.77. The first-order valence-corrected chi connectivity index (χ1v) is 7.19. The Kier molecular flexibility index (Phi) is 4.10. The second kappa shape index (κ2) is 5.40. The van der Waals surface area contributed by atoms with Gasteiger partial charge in [0.1, 0.15) is 0 Å². The lowest BCUT2D eigenvalue weighted by atomic mass is 9.73. The molecule has 2 unspecified atom stereocenters. The maximum Gasteiger partial charge on any atom is 0.0521 e. The van der Waals surface area contributed by atoms with Crippen molar-refractivity contribution < 1.29 is 0 Å². The third-order valence-corrected chi connectivity index (χ3v) is 4.53. The van der Waals surface area contributed by atoms with E-state index < -0.39 is 0 Å². The van der Waals surface area contributed by atoms with Gasteiger partial charge in [0.2, 0.25) is 0 Å². The molecule has 1 aliphatic carbocycles. The van der Waals surface area contributed by atoms with Crippen molar-refractivity contribution in [1.29, 1.82) is 0 Å². The van der Waals surface area contributed by atoms with Crippen molar-refractivity contribution in [3.05, 3.63) is 28.7 Å². The maximum atomic E-state index is 6.04. The van der Waals surface area contributed by atoms with E-state index in [1.54, 1.807) is 0 Å². The average Bonchev–Trinajstić information content (AvgIpc) is 2.32. The maximum absolute atomic E-state index is 6.04. The summed E-state index contributed by atoms with van der Waals surface area (Å²) in [6.45, 7) is 3.03. The van der Waals surface area contributed by atoms with Gasteiger partial charge in [-0.2, -0.15) is 0 Å². The Hall–Kier alpha value is -0.540. The van der Waals surface area contributed by atoms with Crippen molar-refractivity contribution in [2.45, 2.75) is 38.1 Å². The third-order valence-electron chi connectivity index (χ3n) is 4.04. The van der Waals surface area contributed by atoms with Crippen LogP contribution in [0.15, 0.2) is 28.7 Å². The van der Waals surface area contributed by atoms with Gasteiger partial charge >= 0.3 is 0 Å². The Morgan fingerprint density at radius 3 is 2.94 bits per heavy atom. The number of anilines is 1. The number of hydrogen-bond donors (Lipinski definition) is 2. The first-order chi connectivity index (χ1) is 8.16. The summed E-state index contributed by atoms with van der Waals surface area (Å²) in [5.74, 6) is 0.639. The predicted molar refractivity (Wildman–Crippen MR) is 77.2 cm³/mol.